The molecule has 0 N–H and O–H groups in total. The number of hydrogen-bond acceptors (Lipinski definition) is 0. The molecule has 3 atom stereocenters. The molecule has 0 amide bonds. The van der Waals surface area contributed by atoms with E-state index in [4.69, 9.17) is 0 Å². The van der Waals surface area contributed by atoms with Crippen LogP contribution in [0.4, 0.5) is 0 Å². The van der Waals surface area contributed by atoms with Crippen LogP contribution in [0, 0.1) is 17.8 Å². The summed E-state index contributed by atoms with van der Waals surface area (Å²) in [6.07, 6.45) is 10.4. The van der Waals surface area contributed by atoms with E-state index >= 15 is 0 Å². The van der Waals surface area contributed by atoms with Gasteiger partial charge in [0.05, 0.1) is 0 Å². The first-order valence-electron chi connectivity index (χ1n) is 6.67. The first-order chi connectivity index (χ1) is 8.35. The van der Waals surface area contributed by atoms with E-state index in [1.165, 1.54) is 36.8 Å². The molecule has 3 rings (SSSR count). The maximum atomic E-state index is 3.49. The highest BCUT2D eigenvalue weighted by molar-refractivity contribution is 9.08. The van der Waals surface area contributed by atoms with E-state index in [-0.39, 0.29) is 0 Å². The van der Waals surface area contributed by atoms with Crippen molar-refractivity contribution in [3.8, 4) is 0 Å². The molecule has 0 aromatic heterocycles. The summed E-state index contributed by atoms with van der Waals surface area (Å²) in [6, 6.07) is 9.06. The van der Waals surface area contributed by atoms with Gasteiger partial charge in [0.15, 0.2) is 0 Å². The molecular formula is C16H19Br. The van der Waals surface area contributed by atoms with Crippen molar-refractivity contribution in [1.29, 1.82) is 0 Å². The van der Waals surface area contributed by atoms with Crippen LogP contribution in [-0.2, 0) is 11.8 Å². The zero-order valence-electron chi connectivity index (χ0n) is 10.1. The van der Waals surface area contributed by atoms with Crippen molar-refractivity contribution in [3.05, 3.63) is 47.5 Å². The summed E-state index contributed by atoms with van der Waals surface area (Å²) >= 11 is 3.49. The number of rotatable bonds is 4. The predicted molar refractivity (Wildman–Crippen MR) is 76.2 cm³/mol. The quantitative estimate of drug-likeness (QED) is 0.556. The molecule has 2 aliphatic rings. The van der Waals surface area contributed by atoms with Crippen molar-refractivity contribution in [1.82, 2.24) is 0 Å². The van der Waals surface area contributed by atoms with Crippen LogP contribution >= 0.6 is 15.9 Å². The van der Waals surface area contributed by atoms with Crippen LogP contribution in [0.2, 0.25) is 0 Å². The largest absolute Gasteiger partial charge is 0.0876 e. The third-order valence-corrected chi connectivity index (χ3v) is 5.04. The monoisotopic (exact) mass is 290 g/mol. The summed E-state index contributed by atoms with van der Waals surface area (Å²) in [7, 11) is 0. The highest BCUT2D eigenvalue weighted by Gasteiger charge is 2.34. The van der Waals surface area contributed by atoms with Gasteiger partial charge in [-0.15, -0.1) is 0 Å². The number of hydrogen-bond donors (Lipinski definition) is 0. The summed E-state index contributed by atoms with van der Waals surface area (Å²) in [5.74, 6) is 2.78. The van der Waals surface area contributed by atoms with E-state index in [9.17, 15) is 0 Å². The Morgan fingerprint density at radius 1 is 1.00 bits per heavy atom. The van der Waals surface area contributed by atoms with E-state index in [1.54, 1.807) is 0 Å². The fourth-order valence-electron chi connectivity index (χ4n) is 3.37. The van der Waals surface area contributed by atoms with E-state index in [0.717, 1.165) is 23.1 Å². The number of aryl methyl sites for hydroxylation is 1. The lowest BCUT2D eigenvalue weighted by Gasteiger charge is -2.17. The first kappa shape index (κ1) is 11.5. The number of allylic oxidation sites excluding steroid dienone is 2. The highest BCUT2D eigenvalue weighted by Crippen LogP contribution is 2.45. The molecule has 0 aliphatic heterocycles. The Balaban J connectivity index is 1.55. The van der Waals surface area contributed by atoms with Crippen molar-refractivity contribution < 1.29 is 0 Å². The second-order valence-electron chi connectivity index (χ2n) is 5.53. The lowest BCUT2D eigenvalue weighted by Crippen LogP contribution is -2.08. The molecule has 3 unspecified atom stereocenters. The molecule has 2 bridgehead atoms. The van der Waals surface area contributed by atoms with Crippen LogP contribution in [0.1, 0.15) is 30.4 Å². The fourth-order valence-corrected chi connectivity index (χ4v) is 3.75. The average molecular weight is 291 g/mol. The van der Waals surface area contributed by atoms with Crippen LogP contribution in [-0.4, -0.2) is 0 Å². The van der Waals surface area contributed by atoms with Crippen molar-refractivity contribution >= 4 is 15.9 Å². The third kappa shape index (κ3) is 2.49. The molecule has 90 valence electrons. The Labute approximate surface area is 112 Å². The first-order valence-corrected chi connectivity index (χ1v) is 7.79. The van der Waals surface area contributed by atoms with Gasteiger partial charge in [0, 0.05) is 5.33 Å². The molecule has 1 saturated carbocycles. The minimum absolute atomic E-state index is 0.904. The fraction of sp³-hybridized carbons (Fsp3) is 0.500. The van der Waals surface area contributed by atoms with Crippen LogP contribution < -0.4 is 0 Å². The van der Waals surface area contributed by atoms with E-state index in [2.05, 4.69) is 52.3 Å². The second kappa shape index (κ2) is 4.97. The summed E-state index contributed by atoms with van der Waals surface area (Å²) in [6.45, 7) is 0. The van der Waals surface area contributed by atoms with Crippen molar-refractivity contribution in [3.63, 3.8) is 0 Å². The number of alkyl halides is 1. The molecule has 1 aromatic rings. The van der Waals surface area contributed by atoms with Gasteiger partial charge >= 0.3 is 0 Å². The van der Waals surface area contributed by atoms with Crippen molar-refractivity contribution in [2.24, 2.45) is 17.8 Å². The zero-order valence-corrected chi connectivity index (χ0v) is 11.7. The molecule has 1 fully saturated rings. The van der Waals surface area contributed by atoms with Crippen LogP contribution in [0.15, 0.2) is 36.4 Å². The Bertz CT molecular complexity index is 404. The molecular weight excluding hydrogens is 272 g/mol. The van der Waals surface area contributed by atoms with Gasteiger partial charge in [-0.2, -0.15) is 0 Å². The minimum Gasteiger partial charge on any atom is -0.0876 e. The normalized spacial score (nSPS) is 30.1. The summed E-state index contributed by atoms with van der Waals surface area (Å²) in [4.78, 5) is 0. The maximum Gasteiger partial charge on any atom is 0.0283 e. The Hall–Kier alpha value is -0.560. The molecule has 0 saturated heterocycles. The summed E-state index contributed by atoms with van der Waals surface area (Å²) < 4.78 is 0. The Morgan fingerprint density at radius 2 is 1.76 bits per heavy atom. The average Bonchev–Trinajstić information content (AvgIpc) is 2.99. The smallest absolute Gasteiger partial charge is 0.0283 e. The topological polar surface area (TPSA) is 0 Å². The van der Waals surface area contributed by atoms with Crippen LogP contribution in [0.5, 0.6) is 0 Å². The Kier molecular flexibility index (Phi) is 3.37. The number of benzene rings is 1. The predicted octanol–water partition coefficient (Wildman–Crippen LogP) is 4.73. The van der Waals surface area contributed by atoms with E-state index in [1.807, 2.05) is 0 Å². The molecule has 1 heteroatoms. The van der Waals surface area contributed by atoms with Gasteiger partial charge in [-0.3, -0.25) is 0 Å². The molecule has 0 heterocycles. The molecule has 2 aliphatic carbocycles. The van der Waals surface area contributed by atoms with Gasteiger partial charge in [0.1, 0.15) is 0 Å². The van der Waals surface area contributed by atoms with Gasteiger partial charge in [-0.1, -0.05) is 52.3 Å². The maximum absolute atomic E-state index is 3.49. The highest BCUT2D eigenvalue weighted by atomic mass is 79.9. The van der Waals surface area contributed by atoms with Crippen molar-refractivity contribution in [2.75, 3.05) is 0 Å². The van der Waals surface area contributed by atoms with Gasteiger partial charge in [-0.25, -0.2) is 0 Å². The molecule has 0 radical (unpaired) electrons. The SMILES string of the molecule is BrCc1ccc(CCC2CC3C=CC2C3)cc1. The van der Waals surface area contributed by atoms with Gasteiger partial charge in [0.2, 0.25) is 0 Å². The van der Waals surface area contributed by atoms with Gasteiger partial charge in [-0.05, 0) is 54.6 Å². The van der Waals surface area contributed by atoms with Crippen LogP contribution in [0.25, 0.3) is 0 Å². The number of fused-ring (bicyclic) bond motifs is 2. The minimum atomic E-state index is 0.904. The molecule has 1 aromatic carbocycles. The Morgan fingerprint density at radius 3 is 2.35 bits per heavy atom. The standard InChI is InChI=1S/C16H19Br/c17-11-13-3-1-12(2-4-13)5-7-15-9-14-6-8-16(15)10-14/h1-4,6,8,14-16H,5,7,9-11H2. The summed E-state index contributed by atoms with van der Waals surface area (Å²) in [5.41, 5.74) is 2.87. The molecule has 0 nitrogen and oxygen atoms in total. The zero-order chi connectivity index (χ0) is 11.7. The lowest BCUT2D eigenvalue weighted by molar-refractivity contribution is 0.416. The molecule has 0 spiro atoms. The van der Waals surface area contributed by atoms with E-state index < -0.39 is 0 Å². The van der Waals surface area contributed by atoms with Gasteiger partial charge < -0.3 is 0 Å². The molecule has 17 heavy (non-hydrogen) atoms. The number of halogens is 1. The van der Waals surface area contributed by atoms with Gasteiger partial charge in [0.25, 0.3) is 0 Å². The second-order valence-corrected chi connectivity index (χ2v) is 6.09. The van der Waals surface area contributed by atoms with Crippen molar-refractivity contribution in [2.45, 2.75) is 31.0 Å². The summed E-state index contributed by atoms with van der Waals surface area (Å²) in [5, 5.41) is 0.963. The third-order valence-electron chi connectivity index (χ3n) is 4.40. The van der Waals surface area contributed by atoms with Crippen LogP contribution in [0.3, 0.4) is 0 Å². The van der Waals surface area contributed by atoms with E-state index in [0.29, 0.717) is 0 Å². The lowest BCUT2D eigenvalue weighted by atomic mass is 9.88.